The number of benzene rings is 1. The van der Waals surface area contributed by atoms with Crippen molar-refractivity contribution in [1.29, 1.82) is 0 Å². The Morgan fingerprint density at radius 2 is 2.00 bits per heavy atom. The van der Waals surface area contributed by atoms with Crippen LogP contribution in [0.2, 0.25) is 0 Å². The molecule has 122 valence electrons. The monoisotopic (exact) mass is 345 g/mol. The van der Waals surface area contributed by atoms with E-state index < -0.39 is 15.8 Å². The molecule has 1 aliphatic rings. The van der Waals surface area contributed by atoms with Crippen LogP contribution in [0.25, 0.3) is 0 Å². The standard InChI is InChI=1S/C14H20FN3O2S2/c1-2-6-16-14(21)17-7-9-18(10-8-17)22(19,20)13-5-3-4-12(15)11-13/h3-5,11H,2,6-10H2,1H3,(H,16,21). The molecule has 0 amide bonds. The van der Waals surface area contributed by atoms with Gasteiger partial charge in [-0.2, -0.15) is 4.31 Å². The molecule has 0 radical (unpaired) electrons. The number of piperazine rings is 1. The number of halogens is 1. The molecule has 1 fully saturated rings. The lowest BCUT2D eigenvalue weighted by Gasteiger charge is -2.35. The quantitative estimate of drug-likeness (QED) is 0.837. The Hall–Kier alpha value is -1.25. The van der Waals surface area contributed by atoms with E-state index in [2.05, 4.69) is 12.2 Å². The van der Waals surface area contributed by atoms with Gasteiger partial charge in [0.05, 0.1) is 4.90 Å². The van der Waals surface area contributed by atoms with E-state index in [0.717, 1.165) is 19.0 Å². The maximum absolute atomic E-state index is 13.2. The van der Waals surface area contributed by atoms with Crippen molar-refractivity contribution < 1.29 is 12.8 Å². The molecule has 0 atom stereocenters. The van der Waals surface area contributed by atoms with Crippen molar-refractivity contribution >= 4 is 27.4 Å². The molecule has 0 bridgehead atoms. The minimum Gasteiger partial charge on any atom is -0.363 e. The number of hydrogen-bond donors (Lipinski definition) is 1. The van der Waals surface area contributed by atoms with Crippen LogP contribution in [0.3, 0.4) is 0 Å². The Morgan fingerprint density at radius 3 is 2.59 bits per heavy atom. The lowest BCUT2D eigenvalue weighted by molar-refractivity contribution is 0.264. The minimum absolute atomic E-state index is 0.00682. The minimum atomic E-state index is -3.65. The first-order valence-corrected chi connectivity index (χ1v) is 9.08. The van der Waals surface area contributed by atoms with Gasteiger partial charge in [0.2, 0.25) is 10.0 Å². The Balaban J connectivity index is 2.00. The Bertz CT molecular complexity index is 629. The highest BCUT2D eigenvalue weighted by Gasteiger charge is 2.29. The summed E-state index contributed by atoms with van der Waals surface area (Å²) >= 11 is 5.28. The summed E-state index contributed by atoms with van der Waals surface area (Å²) in [6, 6.07) is 5.10. The molecule has 1 aromatic rings. The molecule has 0 unspecified atom stereocenters. The molecule has 8 heteroatoms. The van der Waals surface area contributed by atoms with Crippen molar-refractivity contribution in [3.8, 4) is 0 Å². The first kappa shape index (κ1) is 17.1. The molecule has 0 aromatic heterocycles. The first-order chi connectivity index (χ1) is 10.4. The SMILES string of the molecule is CCCNC(=S)N1CCN(S(=O)(=O)c2cccc(F)c2)CC1. The zero-order valence-corrected chi connectivity index (χ0v) is 14.1. The van der Waals surface area contributed by atoms with Crippen molar-refractivity contribution in [2.45, 2.75) is 18.2 Å². The van der Waals surface area contributed by atoms with E-state index in [9.17, 15) is 12.8 Å². The normalized spacial score (nSPS) is 16.5. The van der Waals surface area contributed by atoms with Gasteiger partial charge in [0.15, 0.2) is 5.11 Å². The van der Waals surface area contributed by atoms with Gasteiger partial charge in [-0.3, -0.25) is 0 Å². The number of hydrogen-bond acceptors (Lipinski definition) is 3. The van der Waals surface area contributed by atoms with E-state index in [1.807, 2.05) is 4.90 Å². The Kier molecular flexibility index (Phi) is 5.71. The molecule has 1 aromatic carbocycles. The average Bonchev–Trinajstić information content (AvgIpc) is 2.52. The maximum Gasteiger partial charge on any atom is 0.243 e. The molecule has 1 N–H and O–H groups in total. The van der Waals surface area contributed by atoms with Crippen LogP contribution < -0.4 is 5.32 Å². The van der Waals surface area contributed by atoms with E-state index in [1.165, 1.54) is 22.5 Å². The lowest BCUT2D eigenvalue weighted by Crippen LogP contribution is -2.53. The van der Waals surface area contributed by atoms with Gasteiger partial charge in [0, 0.05) is 32.7 Å². The van der Waals surface area contributed by atoms with Gasteiger partial charge in [-0.05, 0) is 36.8 Å². The highest BCUT2D eigenvalue weighted by molar-refractivity contribution is 7.89. The molecule has 1 saturated heterocycles. The van der Waals surface area contributed by atoms with E-state index in [4.69, 9.17) is 12.2 Å². The third-order valence-electron chi connectivity index (χ3n) is 3.49. The van der Waals surface area contributed by atoms with E-state index in [1.54, 1.807) is 0 Å². The molecule has 1 heterocycles. The van der Waals surface area contributed by atoms with Gasteiger partial charge in [-0.1, -0.05) is 13.0 Å². The fourth-order valence-corrected chi connectivity index (χ4v) is 3.99. The van der Waals surface area contributed by atoms with Crippen LogP contribution in [0.15, 0.2) is 29.2 Å². The van der Waals surface area contributed by atoms with Gasteiger partial charge >= 0.3 is 0 Å². The summed E-state index contributed by atoms with van der Waals surface area (Å²) in [5.41, 5.74) is 0. The van der Waals surface area contributed by atoms with Crippen LogP contribution in [-0.4, -0.2) is 55.5 Å². The number of nitrogens with zero attached hydrogens (tertiary/aromatic N) is 2. The summed E-state index contributed by atoms with van der Waals surface area (Å²) in [4.78, 5) is 1.95. The second-order valence-corrected chi connectivity index (χ2v) is 7.41. The topological polar surface area (TPSA) is 52.6 Å². The predicted molar refractivity (Wildman–Crippen MR) is 87.6 cm³/mol. The first-order valence-electron chi connectivity index (χ1n) is 7.23. The highest BCUT2D eigenvalue weighted by atomic mass is 32.2. The molecule has 0 spiro atoms. The van der Waals surface area contributed by atoms with E-state index >= 15 is 0 Å². The number of rotatable bonds is 4. The van der Waals surface area contributed by atoms with Crippen LogP contribution in [0.5, 0.6) is 0 Å². The molecule has 1 aliphatic heterocycles. The largest absolute Gasteiger partial charge is 0.363 e. The second-order valence-electron chi connectivity index (χ2n) is 5.08. The molecular weight excluding hydrogens is 325 g/mol. The van der Waals surface area contributed by atoms with Crippen molar-refractivity contribution in [3.05, 3.63) is 30.1 Å². The van der Waals surface area contributed by atoms with E-state index in [-0.39, 0.29) is 4.90 Å². The van der Waals surface area contributed by atoms with Crippen molar-refractivity contribution in [2.75, 3.05) is 32.7 Å². The van der Waals surface area contributed by atoms with Crippen LogP contribution >= 0.6 is 12.2 Å². The fraction of sp³-hybridized carbons (Fsp3) is 0.500. The summed E-state index contributed by atoms with van der Waals surface area (Å²) in [6.07, 6.45) is 0.980. The summed E-state index contributed by atoms with van der Waals surface area (Å²) < 4.78 is 39.6. The molecule has 5 nitrogen and oxygen atoms in total. The molecule has 2 rings (SSSR count). The highest BCUT2D eigenvalue weighted by Crippen LogP contribution is 2.18. The summed E-state index contributed by atoms with van der Waals surface area (Å²) in [6.45, 7) is 4.60. The van der Waals surface area contributed by atoms with Crippen LogP contribution in [0.4, 0.5) is 4.39 Å². The predicted octanol–water partition coefficient (Wildman–Crippen LogP) is 1.42. The summed E-state index contributed by atoms with van der Waals surface area (Å²) in [5.74, 6) is -0.551. The molecular formula is C14H20FN3O2S2. The number of nitrogens with one attached hydrogen (secondary N) is 1. The van der Waals surface area contributed by atoms with E-state index in [0.29, 0.717) is 31.3 Å². The summed E-state index contributed by atoms with van der Waals surface area (Å²) in [7, 11) is -3.65. The van der Waals surface area contributed by atoms with Gasteiger partial charge < -0.3 is 10.2 Å². The number of sulfonamides is 1. The molecule has 0 saturated carbocycles. The number of thiocarbonyl (C=S) groups is 1. The zero-order valence-electron chi connectivity index (χ0n) is 12.5. The van der Waals surface area contributed by atoms with Crippen molar-refractivity contribution in [2.24, 2.45) is 0 Å². The Morgan fingerprint density at radius 1 is 1.32 bits per heavy atom. The van der Waals surface area contributed by atoms with Crippen LogP contribution in [0.1, 0.15) is 13.3 Å². The molecule has 0 aliphatic carbocycles. The molecule has 22 heavy (non-hydrogen) atoms. The summed E-state index contributed by atoms with van der Waals surface area (Å²) in [5, 5.41) is 3.79. The lowest BCUT2D eigenvalue weighted by atomic mass is 10.3. The van der Waals surface area contributed by atoms with Gasteiger partial charge in [-0.25, -0.2) is 12.8 Å². The second kappa shape index (κ2) is 7.34. The van der Waals surface area contributed by atoms with Crippen LogP contribution in [-0.2, 0) is 10.0 Å². The van der Waals surface area contributed by atoms with Gasteiger partial charge in [0.25, 0.3) is 0 Å². The average molecular weight is 345 g/mol. The third kappa shape index (κ3) is 3.93. The van der Waals surface area contributed by atoms with Crippen molar-refractivity contribution in [3.63, 3.8) is 0 Å². The van der Waals surface area contributed by atoms with Gasteiger partial charge in [-0.15, -0.1) is 0 Å². The van der Waals surface area contributed by atoms with Crippen molar-refractivity contribution in [1.82, 2.24) is 14.5 Å². The van der Waals surface area contributed by atoms with Gasteiger partial charge in [0.1, 0.15) is 5.82 Å². The fourth-order valence-electron chi connectivity index (χ4n) is 2.25. The third-order valence-corrected chi connectivity index (χ3v) is 5.78. The Labute approximate surface area is 136 Å². The zero-order chi connectivity index (χ0) is 16.2. The smallest absolute Gasteiger partial charge is 0.243 e. The maximum atomic E-state index is 13.2. The van der Waals surface area contributed by atoms with Crippen LogP contribution in [0, 0.1) is 5.82 Å².